The van der Waals surface area contributed by atoms with Crippen LogP contribution in [-0.2, 0) is 6.54 Å². The predicted molar refractivity (Wildman–Crippen MR) is 77.5 cm³/mol. The highest BCUT2D eigenvalue weighted by Crippen LogP contribution is 2.28. The van der Waals surface area contributed by atoms with Gasteiger partial charge < -0.3 is 5.32 Å². The minimum atomic E-state index is -0.466. The number of halogens is 2. The Bertz CT molecular complexity index is 588. The molecule has 1 aromatic heterocycles. The second-order valence-electron chi connectivity index (χ2n) is 3.51. The fourth-order valence-electron chi connectivity index (χ4n) is 1.39. The number of hydrogen-bond donors (Lipinski definition) is 1. The summed E-state index contributed by atoms with van der Waals surface area (Å²) in [5.41, 5.74) is 0.677. The lowest BCUT2D eigenvalue weighted by molar-refractivity contribution is -0.384. The van der Waals surface area contributed by atoms with Gasteiger partial charge in [0.2, 0.25) is 0 Å². The average molecular weight is 348 g/mol. The van der Waals surface area contributed by atoms with Crippen molar-refractivity contribution in [2.75, 3.05) is 5.32 Å². The van der Waals surface area contributed by atoms with Crippen molar-refractivity contribution in [3.05, 3.63) is 54.1 Å². The summed E-state index contributed by atoms with van der Waals surface area (Å²) < 4.78 is 1.04. The third-order valence-electron chi connectivity index (χ3n) is 2.24. The van der Waals surface area contributed by atoms with Crippen LogP contribution in [0.25, 0.3) is 0 Å². The molecule has 0 spiro atoms. The van der Waals surface area contributed by atoms with E-state index in [9.17, 15) is 10.1 Å². The molecule has 0 unspecified atom stereocenters. The summed E-state index contributed by atoms with van der Waals surface area (Å²) in [5, 5.41) is 16.1. The summed E-state index contributed by atoms with van der Waals surface area (Å²) in [4.78, 5) is 11.3. The lowest BCUT2D eigenvalue weighted by Gasteiger charge is -2.06. The van der Waals surface area contributed by atoms with Crippen LogP contribution in [0, 0.1) is 10.1 Å². The topological polar surface area (TPSA) is 55.2 Å². The molecule has 2 aromatic rings. The van der Waals surface area contributed by atoms with Crippen molar-refractivity contribution in [1.82, 2.24) is 0 Å². The zero-order chi connectivity index (χ0) is 13.1. The molecule has 0 aliphatic carbocycles. The van der Waals surface area contributed by atoms with E-state index in [4.69, 9.17) is 11.6 Å². The molecule has 0 aliphatic rings. The molecule has 18 heavy (non-hydrogen) atoms. The summed E-state index contributed by atoms with van der Waals surface area (Å²) in [5.74, 6) is 0. The Morgan fingerprint density at radius 2 is 2.22 bits per heavy atom. The molecule has 0 radical (unpaired) electrons. The van der Waals surface area contributed by atoms with Gasteiger partial charge in [-0.1, -0.05) is 11.6 Å². The standard InChI is InChI=1S/C11H8BrClN2O2S/c12-7-3-9(18-6-7)5-14-11-2-1-8(15(16)17)4-10(11)13/h1-4,6,14H,5H2. The molecule has 0 aliphatic heterocycles. The Morgan fingerprint density at radius 1 is 1.44 bits per heavy atom. The monoisotopic (exact) mass is 346 g/mol. The Balaban J connectivity index is 2.08. The molecule has 0 bridgehead atoms. The summed E-state index contributed by atoms with van der Waals surface area (Å²) >= 11 is 11.0. The van der Waals surface area contributed by atoms with Crippen LogP contribution in [0.5, 0.6) is 0 Å². The van der Waals surface area contributed by atoms with Gasteiger partial charge in [0.15, 0.2) is 0 Å². The van der Waals surface area contributed by atoms with Gasteiger partial charge in [-0.05, 0) is 28.1 Å². The van der Waals surface area contributed by atoms with E-state index in [1.165, 1.54) is 12.1 Å². The van der Waals surface area contributed by atoms with Crippen molar-refractivity contribution < 1.29 is 4.92 Å². The summed E-state index contributed by atoms with van der Waals surface area (Å²) in [6.45, 7) is 0.633. The molecule has 0 amide bonds. The van der Waals surface area contributed by atoms with E-state index in [0.29, 0.717) is 17.3 Å². The van der Waals surface area contributed by atoms with Crippen molar-refractivity contribution in [1.29, 1.82) is 0 Å². The third-order valence-corrected chi connectivity index (χ3v) is 4.25. The van der Waals surface area contributed by atoms with Crippen LogP contribution in [0.4, 0.5) is 11.4 Å². The maximum absolute atomic E-state index is 10.6. The lowest BCUT2D eigenvalue weighted by atomic mass is 10.3. The molecule has 7 heteroatoms. The Kier molecular flexibility index (Phi) is 4.21. The van der Waals surface area contributed by atoms with Crippen molar-refractivity contribution in [3.8, 4) is 0 Å². The van der Waals surface area contributed by atoms with Crippen LogP contribution in [0.2, 0.25) is 5.02 Å². The molecule has 1 aromatic carbocycles. The van der Waals surface area contributed by atoms with Gasteiger partial charge in [-0.2, -0.15) is 0 Å². The smallest absolute Gasteiger partial charge is 0.271 e. The van der Waals surface area contributed by atoms with Crippen LogP contribution < -0.4 is 5.32 Å². The van der Waals surface area contributed by atoms with Gasteiger partial charge in [-0.3, -0.25) is 10.1 Å². The summed E-state index contributed by atoms with van der Waals surface area (Å²) in [6, 6.07) is 6.40. The number of anilines is 1. The average Bonchev–Trinajstić information content (AvgIpc) is 2.73. The van der Waals surface area contributed by atoms with Crippen LogP contribution in [0.3, 0.4) is 0 Å². The first-order valence-corrected chi connectivity index (χ1v) is 7.02. The zero-order valence-electron chi connectivity index (χ0n) is 9.02. The molecule has 0 saturated carbocycles. The summed E-state index contributed by atoms with van der Waals surface area (Å²) in [6.07, 6.45) is 0. The molecule has 1 N–H and O–H groups in total. The largest absolute Gasteiger partial charge is 0.379 e. The van der Waals surface area contributed by atoms with E-state index in [2.05, 4.69) is 21.2 Å². The van der Waals surface area contributed by atoms with Crippen LogP contribution in [0.1, 0.15) is 4.88 Å². The lowest BCUT2D eigenvalue weighted by Crippen LogP contribution is -1.98. The van der Waals surface area contributed by atoms with E-state index >= 15 is 0 Å². The third kappa shape index (κ3) is 3.22. The van der Waals surface area contributed by atoms with Gasteiger partial charge in [0.1, 0.15) is 0 Å². The molecular weight excluding hydrogens is 340 g/mol. The van der Waals surface area contributed by atoms with Crippen LogP contribution >= 0.6 is 38.9 Å². The molecule has 94 valence electrons. The van der Waals surface area contributed by atoms with Crippen molar-refractivity contribution in [2.24, 2.45) is 0 Å². The van der Waals surface area contributed by atoms with E-state index in [0.717, 1.165) is 9.35 Å². The molecule has 0 saturated heterocycles. The quantitative estimate of drug-likeness (QED) is 0.645. The highest BCUT2D eigenvalue weighted by Gasteiger charge is 2.09. The SMILES string of the molecule is O=[N+]([O-])c1ccc(NCc2cc(Br)cs2)c(Cl)c1. The normalized spacial score (nSPS) is 10.3. The minimum absolute atomic E-state index is 0.00980. The van der Waals surface area contributed by atoms with Gasteiger partial charge in [-0.25, -0.2) is 0 Å². The number of nitro groups is 1. The number of nitro benzene ring substituents is 1. The predicted octanol–water partition coefficient (Wildman–Crippen LogP) is 4.68. The van der Waals surface area contributed by atoms with Gasteiger partial charge in [-0.15, -0.1) is 11.3 Å². The maximum atomic E-state index is 10.6. The molecular formula is C11H8BrClN2O2S. The minimum Gasteiger partial charge on any atom is -0.379 e. The van der Waals surface area contributed by atoms with Crippen molar-refractivity contribution in [2.45, 2.75) is 6.54 Å². The first kappa shape index (κ1) is 13.3. The van der Waals surface area contributed by atoms with Crippen LogP contribution in [-0.4, -0.2) is 4.92 Å². The highest BCUT2D eigenvalue weighted by molar-refractivity contribution is 9.10. The van der Waals surface area contributed by atoms with Gasteiger partial charge in [0.05, 0.1) is 15.6 Å². The molecule has 4 nitrogen and oxygen atoms in total. The zero-order valence-corrected chi connectivity index (χ0v) is 12.2. The van der Waals surface area contributed by atoms with E-state index < -0.39 is 4.92 Å². The number of benzene rings is 1. The first-order chi connectivity index (χ1) is 8.56. The molecule has 1 heterocycles. The number of nitrogens with zero attached hydrogens (tertiary/aromatic N) is 1. The fourth-order valence-corrected chi connectivity index (χ4v) is 3.02. The second-order valence-corrected chi connectivity index (χ2v) is 5.82. The van der Waals surface area contributed by atoms with Gasteiger partial charge >= 0.3 is 0 Å². The van der Waals surface area contributed by atoms with E-state index in [1.807, 2.05) is 11.4 Å². The Morgan fingerprint density at radius 3 is 2.78 bits per heavy atom. The van der Waals surface area contributed by atoms with Crippen LogP contribution in [0.15, 0.2) is 34.1 Å². The number of non-ortho nitro benzene ring substituents is 1. The second kappa shape index (κ2) is 5.69. The Hall–Kier alpha value is -1.11. The van der Waals surface area contributed by atoms with Crippen molar-refractivity contribution >= 4 is 50.2 Å². The van der Waals surface area contributed by atoms with Gasteiger partial charge in [0, 0.05) is 33.4 Å². The molecule has 0 atom stereocenters. The molecule has 2 rings (SSSR count). The van der Waals surface area contributed by atoms with E-state index in [1.54, 1.807) is 17.4 Å². The number of rotatable bonds is 4. The fraction of sp³-hybridized carbons (Fsp3) is 0.0909. The van der Waals surface area contributed by atoms with Crippen molar-refractivity contribution in [3.63, 3.8) is 0 Å². The van der Waals surface area contributed by atoms with E-state index in [-0.39, 0.29) is 5.69 Å². The number of hydrogen-bond acceptors (Lipinski definition) is 4. The number of thiophene rings is 1. The summed E-state index contributed by atoms with van der Waals surface area (Å²) in [7, 11) is 0. The Labute approximate surface area is 121 Å². The highest BCUT2D eigenvalue weighted by atomic mass is 79.9. The first-order valence-electron chi connectivity index (χ1n) is 4.97. The van der Waals surface area contributed by atoms with Gasteiger partial charge in [0.25, 0.3) is 5.69 Å². The maximum Gasteiger partial charge on any atom is 0.271 e. The number of nitrogens with one attached hydrogen (secondary N) is 1. The molecule has 0 fully saturated rings.